The van der Waals surface area contributed by atoms with Crippen molar-refractivity contribution in [2.75, 3.05) is 0 Å². The Labute approximate surface area is 455 Å². The van der Waals surface area contributed by atoms with Gasteiger partial charge in [0.2, 0.25) is 11.8 Å². The van der Waals surface area contributed by atoms with Gasteiger partial charge in [-0.1, -0.05) is 52.0 Å². The number of guanidine groups is 2. The molecule has 10 rings (SSSR count). The minimum atomic E-state index is -1.38. The third-order valence-electron chi connectivity index (χ3n) is 17.8. The number of amides is 4. The average Bonchev–Trinajstić information content (AvgIpc) is 3.81. The number of nitrogens with zero attached hydrogens (tertiary/aromatic N) is 2. The molecule has 1 aliphatic carbocycles. The monoisotopic (exact) mass is 1070 g/mol. The summed E-state index contributed by atoms with van der Waals surface area (Å²) in [6.45, 7) is 13.6. The fraction of sp³-hybridized carbons (Fsp3) is 0.500. The highest BCUT2D eigenvalue weighted by molar-refractivity contribution is 6.01. The van der Waals surface area contributed by atoms with Gasteiger partial charge in [-0.25, -0.2) is 4.39 Å². The Kier molecular flexibility index (Phi) is 14.4. The molecule has 0 saturated carbocycles. The largest absolute Gasteiger partial charge is 0.490 e. The fourth-order valence-electron chi connectivity index (χ4n) is 12.9. The van der Waals surface area contributed by atoms with Crippen molar-refractivity contribution in [1.29, 1.82) is 10.8 Å². The Balaban J connectivity index is 0.878. The summed E-state index contributed by atoms with van der Waals surface area (Å²) in [5.74, 6) is -0.763. The van der Waals surface area contributed by atoms with Gasteiger partial charge < -0.3 is 45.7 Å². The predicted molar refractivity (Wildman–Crippen MR) is 290 cm³/mol. The van der Waals surface area contributed by atoms with Crippen molar-refractivity contribution in [1.82, 2.24) is 31.1 Å². The van der Waals surface area contributed by atoms with Crippen molar-refractivity contribution in [2.24, 2.45) is 0 Å². The van der Waals surface area contributed by atoms with E-state index in [4.69, 9.17) is 19.6 Å². The first-order valence-corrected chi connectivity index (χ1v) is 27.7. The number of carbonyl (C=O) groups excluding carboxylic acids is 4. The van der Waals surface area contributed by atoms with Crippen molar-refractivity contribution in [3.05, 3.63) is 124 Å². The van der Waals surface area contributed by atoms with Crippen LogP contribution in [-0.2, 0) is 16.0 Å². The zero-order valence-electron chi connectivity index (χ0n) is 45.6. The lowest BCUT2D eigenvalue weighted by molar-refractivity contribution is -0.134. The van der Waals surface area contributed by atoms with Crippen LogP contribution in [0.1, 0.15) is 192 Å². The smallest absolute Gasteiger partial charge is 0.251 e. The first-order valence-electron chi connectivity index (χ1n) is 27.7. The van der Waals surface area contributed by atoms with Crippen LogP contribution in [0.2, 0.25) is 0 Å². The summed E-state index contributed by atoms with van der Waals surface area (Å²) in [6.07, 6.45) is 2.52. The molecule has 4 aromatic carbocycles. The number of benzene rings is 4. The number of rotatable bonds is 14. The lowest BCUT2D eigenvalue weighted by atomic mass is 9.81. The molecule has 0 bridgehead atoms. The minimum absolute atomic E-state index is 0.00427. The molecule has 18 heteroatoms. The van der Waals surface area contributed by atoms with Crippen LogP contribution in [0.15, 0.2) is 78.9 Å². The highest BCUT2D eigenvalue weighted by Gasteiger charge is 2.50. The summed E-state index contributed by atoms with van der Waals surface area (Å²) in [5, 5.41) is 54.3. The number of aliphatic hydroxyl groups is 2. The number of halogens is 1. The summed E-state index contributed by atoms with van der Waals surface area (Å²) in [4.78, 5) is 59.7. The Hall–Kier alpha value is -7.05. The van der Waals surface area contributed by atoms with Gasteiger partial charge in [0.15, 0.2) is 11.9 Å². The summed E-state index contributed by atoms with van der Waals surface area (Å²) in [6, 6.07) is 18.6. The van der Waals surface area contributed by atoms with Crippen LogP contribution >= 0.6 is 0 Å². The number of carbonyl (C=O) groups is 4. The summed E-state index contributed by atoms with van der Waals surface area (Å²) in [7, 11) is 0. The molecule has 414 valence electrons. The Morgan fingerprint density at radius 1 is 0.705 bits per heavy atom. The van der Waals surface area contributed by atoms with Crippen LogP contribution in [0.4, 0.5) is 4.39 Å². The SMILES string of the molecule is CCC1(CC)CC(=O)N([C@@H]2CC(CCCC3(C)Oc4ccc(F)cc4[C@@H](NC(=O)c4ccc5c(c4)[C@H](N4C(=N)NC(CC)(CC)CC4=O)CC(C)(C)O5)[C@@H]3O)Oc3ccc(C(=O)N[C@@H]4c5ccccc5C[C@H]4O)cc32)C(=N)N1. The quantitative estimate of drug-likeness (QED) is 0.0596. The van der Waals surface area contributed by atoms with Crippen molar-refractivity contribution in [2.45, 2.75) is 190 Å². The van der Waals surface area contributed by atoms with Gasteiger partial charge >= 0.3 is 0 Å². The van der Waals surface area contributed by atoms with Crippen molar-refractivity contribution < 1.29 is 48.0 Å². The van der Waals surface area contributed by atoms with Crippen LogP contribution in [0.5, 0.6) is 17.2 Å². The van der Waals surface area contributed by atoms with E-state index in [1.54, 1.807) is 43.3 Å². The van der Waals surface area contributed by atoms with Gasteiger partial charge in [-0.2, -0.15) is 0 Å². The molecule has 4 amide bonds. The van der Waals surface area contributed by atoms with Gasteiger partial charge in [0.1, 0.15) is 46.5 Å². The first-order chi connectivity index (χ1) is 37.1. The van der Waals surface area contributed by atoms with Crippen molar-refractivity contribution >= 4 is 35.5 Å². The van der Waals surface area contributed by atoms with E-state index in [0.29, 0.717) is 85.3 Å². The first kappa shape index (κ1) is 54.3. The second-order valence-electron chi connectivity index (χ2n) is 23.2. The van der Waals surface area contributed by atoms with E-state index >= 15 is 4.39 Å². The highest BCUT2D eigenvalue weighted by atomic mass is 19.1. The third kappa shape index (κ3) is 9.94. The van der Waals surface area contributed by atoms with Gasteiger partial charge in [-0.15, -0.1) is 0 Å². The van der Waals surface area contributed by atoms with E-state index < -0.39 is 82.4 Å². The van der Waals surface area contributed by atoms with Crippen LogP contribution in [0.3, 0.4) is 0 Å². The van der Waals surface area contributed by atoms with Gasteiger partial charge in [0.25, 0.3) is 11.8 Å². The molecule has 0 radical (unpaired) electrons. The van der Waals surface area contributed by atoms with Gasteiger partial charge in [-0.05, 0) is 131 Å². The number of aliphatic hydroxyl groups excluding tert-OH is 2. The molecule has 0 spiro atoms. The summed E-state index contributed by atoms with van der Waals surface area (Å²) in [5.41, 5.74) is 0.642. The molecule has 5 heterocycles. The highest BCUT2D eigenvalue weighted by Crippen LogP contribution is 2.48. The lowest BCUT2D eigenvalue weighted by Crippen LogP contribution is -2.63. The summed E-state index contributed by atoms with van der Waals surface area (Å²) >= 11 is 0. The second kappa shape index (κ2) is 20.6. The molecule has 78 heavy (non-hydrogen) atoms. The summed E-state index contributed by atoms with van der Waals surface area (Å²) < 4.78 is 34.7. The molecule has 8 N–H and O–H groups in total. The standard InChI is InChI=1S/C60H73FN8O9/c1-8-59(9-2)31-48(71)68(55(62)66-59)42-29-37(76-45-21-18-34(25-39(42)45)53(74)64-50-38-17-13-12-15-33(38)27-44(50)70)16-14-24-58(7)52(73)51(41-28-36(61)20-23-47(41)78-58)65-54(75)35-19-22-46-40(26-35)43(30-57(5,6)77-46)69-49(72)32-60(10-3,11-4)67-56(69)63/h12-13,15,17-23,25-26,28,37,42-44,50-52,70,73H,8-11,14,16,24,27,29-32H2,1-7H3,(H2,62,66)(H2,63,67)(H,64,74)(H,65,75)/t37?,42-,43-,44-,50-,51-,52+,58?/m1/s1. The number of hydrogen-bond donors (Lipinski definition) is 8. The van der Waals surface area contributed by atoms with Crippen molar-refractivity contribution in [3.8, 4) is 17.2 Å². The maximum Gasteiger partial charge on any atom is 0.251 e. The van der Waals surface area contributed by atoms with E-state index in [2.05, 4.69) is 21.3 Å². The normalized spacial score (nSPS) is 27.3. The molecule has 8 atom stereocenters. The molecular formula is C60H73FN8O9. The molecule has 2 fully saturated rings. The molecule has 2 saturated heterocycles. The third-order valence-corrected chi connectivity index (χ3v) is 17.8. The van der Waals surface area contributed by atoms with Crippen molar-refractivity contribution in [3.63, 3.8) is 0 Å². The van der Waals surface area contributed by atoms with E-state index in [1.165, 1.54) is 28.0 Å². The van der Waals surface area contributed by atoms with Crippen LogP contribution in [0, 0.1) is 16.6 Å². The maximum absolute atomic E-state index is 15.1. The topological polar surface area (TPSA) is 239 Å². The molecule has 17 nitrogen and oxygen atoms in total. The number of hydrogen-bond acceptors (Lipinski definition) is 11. The second-order valence-corrected chi connectivity index (χ2v) is 23.2. The fourth-order valence-corrected chi connectivity index (χ4v) is 12.9. The van der Waals surface area contributed by atoms with Gasteiger partial charge in [-0.3, -0.25) is 39.8 Å². The maximum atomic E-state index is 15.1. The van der Waals surface area contributed by atoms with Crippen LogP contribution in [0.25, 0.3) is 0 Å². The molecule has 2 unspecified atom stereocenters. The number of nitrogens with one attached hydrogen (secondary N) is 6. The van der Waals surface area contributed by atoms with E-state index in [9.17, 15) is 34.8 Å². The van der Waals surface area contributed by atoms with Crippen LogP contribution < -0.4 is 35.5 Å². The van der Waals surface area contributed by atoms with E-state index in [-0.39, 0.29) is 60.5 Å². The Bertz CT molecular complexity index is 3030. The van der Waals surface area contributed by atoms with E-state index in [1.807, 2.05) is 65.8 Å². The molecule has 6 aliphatic rings. The molecule has 5 aliphatic heterocycles. The van der Waals surface area contributed by atoms with Gasteiger partial charge in [0, 0.05) is 58.2 Å². The van der Waals surface area contributed by atoms with Gasteiger partial charge in [0.05, 0.1) is 43.1 Å². The predicted octanol–water partition coefficient (Wildman–Crippen LogP) is 8.49. The molecule has 0 aromatic heterocycles. The van der Waals surface area contributed by atoms with E-state index in [0.717, 1.165) is 11.1 Å². The Morgan fingerprint density at radius 3 is 1.87 bits per heavy atom. The Morgan fingerprint density at radius 2 is 1.26 bits per heavy atom. The average molecular weight is 1070 g/mol. The molecular weight excluding hydrogens is 996 g/mol. The lowest BCUT2D eigenvalue weighted by Gasteiger charge is -2.48. The number of fused-ring (bicyclic) bond motifs is 4. The zero-order chi connectivity index (χ0) is 55.6. The van der Waals surface area contributed by atoms with Crippen LogP contribution in [-0.4, -0.2) is 96.2 Å². The zero-order valence-corrected chi connectivity index (χ0v) is 45.6. The number of ether oxygens (including phenoxy) is 3. The minimum Gasteiger partial charge on any atom is -0.490 e. The molecule has 4 aromatic rings.